The Morgan fingerprint density at radius 3 is 1.60 bits per heavy atom. The fourth-order valence-electron chi connectivity index (χ4n) is 0.00680. The molecule has 0 N–H and O–H groups in total. The Kier molecular flexibility index (Phi) is 5.86. The molecule has 0 aromatic rings. The van der Waals surface area contributed by atoms with Crippen molar-refractivity contribution in [3.05, 3.63) is 0 Å². The van der Waals surface area contributed by atoms with Crippen LogP contribution in [0.5, 0.6) is 0 Å². The van der Waals surface area contributed by atoms with Gasteiger partial charge in [-0.2, -0.15) is 0 Å². The van der Waals surface area contributed by atoms with Crippen molar-refractivity contribution in [2.24, 2.45) is 0 Å². The Bertz CT molecular complexity index is 34.2. The zero-order valence-corrected chi connectivity index (χ0v) is 6.40. The second-order valence-corrected chi connectivity index (χ2v) is 3.60. The molecule has 0 aliphatic heterocycles. The van der Waals surface area contributed by atoms with Gasteiger partial charge in [-0.05, 0) is 0 Å². The first-order valence-electron chi connectivity index (χ1n) is 0.516. The Balaban J connectivity index is 2.65. The van der Waals surface area contributed by atoms with Gasteiger partial charge in [0.15, 0.2) is 0 Å². The number of rotatable bonds is 2. The standard InChI is InChI=1S/3O.2Pt. The average Bonchev–Trinajstić information content (AvgIpc) is 1.41. The Hall–Kier alpha value is 0.937. The van der Waals surface area contributed by atoms with E-state index in [0.717, 1.165) is 0 Å². The predicted molar refractivity (Wildman–Crippen MR) is 2.46 cm³/mol. The van der Waals surface area contributed by atoms with Crippen molar-refractivity contribution in [2.45, 2.75) is 0 Å². The van der Waals surface area contributed by atoms with E-state index in [1.165, 1.54) is 0 Å². The van der Waals surface area contributed by atoms with Crippen LogP contribution >= 0.6 is 0 Å². The van der Waals surface area contributed by atoms with Gasteiger partial charge in [-0.1, -0.05) is 0 Å². The molecule has 0 aromatic heterocycles. The van der Waals surface area contributed by atoms with E-state index in [0.29, 0.717) is 0 Å². The summed E-state index contributed by atoms with van der Waals surface area (Å²) < 4.78 is 22.4. The first-order valence-corrected chi connectivity index (χ1v) is 4.23. The van der Waals surface area contributed by atoms with Crippen LogP contribution in [0.3, 0.4) is 0 Å². The molecule has 0 spiro atoms. The molecule has 0 radical (unpaired) electrons. The fourth-order valence-corrected chi connectivity index (χ4v) is 0.456. The number of hydrogen-bond acceptors (Lipinski definition) is 3. The SMILES string of the molecule is [O]=[Pt][O][Pt]=[O]. The molecule has 0 aliphatic carbocycles. The summed E-state index contributed by atoms with van der Waals surface area (Å²) in [5.41, 5.74) is 0. The van der Waals surface area contributed by atoms with Crippen molar-refractivity contribution in [3.63, 3.8) is 0 Å². The minimum atomic E-state index is -1.41. The maximum atomic E-state index is 9.25. The van der Waals surface area contributed by atoms with E-state index >= 15 is 0 Å². The summed E-state index contributed by atoms with van der Waals surface area (Å²) in [5, 5.41) is 0. The normalized spacial score (nSPS) is 9.60. The molecule has 0 heterocycles. The van der Waals surface area contributed by atoms with Gasteiger partial charge >= 0.3 is 46.7 Å². The molecule has 0 atom stereocenters. The van der Waals surface area contributed by atoms with Crippen LogP contribution in [0.1, 0.15) is 0 Å². The van der Waals surface area contributed by atoms with Gasteiger partial charge < -0.3 is 0 Å². The van der Waals surface area contributed by atoms with Crippen LogP contribution in [0.15, 0.2) is 0 Å². The third-order valence-corrected chi connectivity index (χ3v) is 2.23. The van der Waals surface area contributed by atoms with Crippen LogP contribution in [-0.4, -0.2) is 0 Å². The van der Waals surface area contributed by atoms with Gasteiger partial charge in [0.2, 0.25) is 0 Å². The zero-order chi connectivity index (χ0) is 4.12. The number of hydrogen-bond donors (Lipinski definition) is 0. The van der Waals surface area contributed by atoms with Crippen LogP contribution in [0, 0.1) is 0 Å². The van der Waals surface area contributed by atoms with E-state index in [9.17, 15) is 6.80 Å². The summed E-state index contributed by atoms with van der Waals surface area (Å²) in [4.78, 5) is 0. The second-order valence-electron chi connectivity index (χ2n) is 0.146. The molecule has 0 fully saturated rings. The van der Waals surface area contributed by atoms with Gasteiger partial charge in [-0.3, -0.25) is 0 Å². The van der Waals surface area contributed by atoms with Gasteiger partial charge in [0.25, 0.3) is 0 Å². The van der Waals surface area contributed by atoms with Crippen LogP contribution in [0.2, 0.25) is 0 Å². The quantitative estimate of drug-likeness (QED) is 0.595. The van der Waals surface area contributed by atoms with Crippen LogP contribution in [0.4, 0.5) is 0 Å². The molecule has 0 aliphatic rings. The third-order valence-electron chi connectivity index (χ3n) is 0.0333. The van der Waals surface area contributed by atoms with Crippen molar-refractivity contribution in [3.8, 4) is 0 Å². The van der Waals surface area contributed by atoms with Crippen LogP contribution in [0.25, 0.3) is 0 Å². The molecule has 0 rings (SSSR count). The molecule has 3 nitrogen and oxygen atoms in total. The van der Waals surface area contributed by atoms with E-state index < -0.39 is 37.8 Å². The van der Waals surface area contributed by atoms with Gasteiger partial charge in [0, 0.05) is 0 Å². The topological polar surface area (TPSA) is 43.4 Å². The van der Waals surface area contributed by atoms with Crippen molar-refractivity contribution in [2.75, 3.05) is 0 Å². The van der Waals surface area contributed by atoms with Crippen molar-refractivity contribution in [1.29, 1.82) is 0 Å². The summed E-state index contributed by atoms with van der Waals surface area (Å²) >= 11 is -2.83. The van der Waals surface area contributed by atoms with E-state index in [4.69, 9.17) is 0 Å². The van der Waals surface area contributed by atoms with E-state index in [2.05, 4.69) is 2.04 Å². The molecule has 5 heavy (non-hydrogen) atoms. The fraction of sp³-hybridized carbons (Fsp3) is 0. The predicted octanol–water partition coefficient (Wildman–Crippen LogP) is -0.311. The van der Waals surface area contributed by atoms with Crippen molar-refractivity contribution in [1.82, 2.24) is 0 Å². The molecule has 5 heteroatoms. The molecular weight excluding hydrogens is 438 g/mol. The van der Waals surface area contributed by atoms with Gasteiger partial charge in [-0.15, -0.1) is 0 Å². The summed E-state index contributed by atoms with van der Waals surface area (Å²) in [6, 6.07) is 0. The van der Waals surface area contributed by atoms with Crippen molar-refractivity contribution >= 4 is 0 Å². The molecular formula is O3Pt2. The van der Waals surface area contributed by atoms with E-state index in [1.54, 1.807) is 0 Å². The summed E-state index contributed by atoms with van der Waals surface area (Å²) in [5.74, 6) is 0. The molecule has 38 valence electrons. The summed E-state index contributed by atoms with van der Waals surface area (Å²) in [6.45, 7) is 0. The summed E-state index contributed by atoms with van der Waals surface area (Å²) in [6.07, 6.45) is 0. The van der Waals surface area contributed by atoms with Gasteiger partial charge in [-0.25, -0.2) is 0 Å². The first kappa shape index (κ1) is 5.94. The Morgan fingerprint density at radius 2 is 1.60 bits per heavy atom. The Morgan fingerprint density at radius 1 is 1.20 bits per heavy atom. The first-order chi connectivity index (χ1) is 2.41. The summed E-state index contributed by atoms with van der Waals surface area (Å²) in [7, 11) is 0. The molecule has 0 bridgehead atoms. The monoisotopic (exact) mass is 438 g/mol. The van der Waals surface area contributed by atoms with E-state index in [1.807, 2.05) is 0 Å². The molecule has 0 saturated heterocycles. The second kappa shape index (κ2) is 4.94. The molecule has 0 aromatic carbocycles. The zero-order valence-electron chi connectivity index (χ0n) is 1.86. The molecule has 0 saturated carbocycles. The maximum absolute atomic E-state index is 9.25. The van der Waals surface area contributed by atoms with E-state index in [-0.39, 0.29) is 0 Å². The van der Waals surface area contributed by atoms with Crippen LogP contribution in [-0.2, 0) is 46.7 Å². The molecule has 0 amide bonds. The minimum absolute atomic E-state index is 1.41. The molecule has 0 unspecified atom stereocenters. The van der Waals surface area contributed by atoms with Gasteiger partial charge in [0.1, 0.15) is 0 Å². The third kappa shape index (κ3) is 4.94. The van der Waals surface area contributed by atoms with Crippen molar-refractivity contribution < 1.29 is 46.7 Å². The van der Waals surface area contributed by atoms with Gasteiger partial charge in [0.05, 0.1) is 0 Å². The Labute approximate surface area is 46.7 Å². The van der Waals surface area contributed by atoms with Crippen LogP contribution < -0.4 is 0 Å². The average molecular weight is 438 g/mol.